The van der Waals surface area contributed by atoms with Gasteiger partial charge in [-0.3, -0.25) is 9.59 Å². The molecule has 25 heavy (non-hydrogen) atoms. The molecule has 1 aromatic heterocycles. The summed E-state index contributed by atoms with van der Waals surface area (Å²) < 4.78 is 0.961. The first-order chi connectivity index (χ1) is 12.0. The Labute approximate surface area is 158 Å². The molecule has 136 valence electrons. The van der Waals surface area contributed by atoms with Crippen LogP contribution in [0.1, 0.15) is 63.3 Å². The maximum absolute atomic E-state index is 12.5. The number of hydrogen-bond donors (Lipinski definition) is 2. The zero-order chi connectivity index (χ0) is 18.4. The molecule has 0 saturated carbocycles. The topological polar surface area (TPSA) is 67.3 Å². The van der Waals surface area contributed by atoms with Crippen molar-refractivity contribution in [2.45, 2.75) is 58.3 Å². The molecule has 1 N–H and O–H groups in total. The number of carbonyl (C=O) groups excluding carboxylic acids is 1. The number of nitrogens with zero attached hydrogens (tertiary/aromatic N) is 1. The number of fused-ring (bicyclic) bond motifs is 1. The van der Waals surface area contributed by atoms with Crippen LogP contribution >= 0.6 is 24.0 Å². The summed E-state index contributed by atoms with van der Waals surface area (Å²) in [6.45, 7) is 4.06. The molecule has 1 unspecified atom stereocenters. The lowest BCUT2D eigenvalue weighted by Gasteiger charge is -2.34. The Balaban J connectivity index is 2.57. The third-order valence-electron chi connectivity index (χ3n) is 4.74. The van der Waals surface area contributed by atoms with Gasteiger partial charge >= 0.3 is 5.97 Å². The van der Waals surface area contributed by atoms with Crippen molar-refractivity contribution >= 4 is 45.3 Å². The lowest BCUT2D eigenvalue weighted by atomic mass is 9.69. The van der Waals surface area contributed by atoms with Crippen LogP contribution in [0.4, 0.5) is 0 Å². The van der Waals surface area contributed by atoms with Gasteiger partial charge < -0.3 is 5.11 Å². The van der Waals surface area contributed by atoms with Gasteiger partial charge in [0.05, 0.1) is 21.5 Å². The van der Waals surface area contributed by atoms with E-state index in [0.29, 0.717) is 17.8 Å². The molecule has 0 amide bonds. The molecular weight excluding hydrogens is 354 g/mol. The van der Waals surface area contributed by atoms with Gasteiger partial charge in [-0.1, -0.05) is 51.7 Å². The van der Waals surface area contributed by atoms with Crippen molar-refractivity contribution in [3.63, 3.8) is 0 Å². The van der Waals surface area contributed by atoms with Crippen molar-refractivity contribution in [2.24, 2.45) is 5.41 Å². The first-order valence-electron chi connectivity index (χ1n) is 8.78. The molecule has 1 heterocycles. The summed E-state index contributed by atoms with van der Waals surface area (Å²) in [5.74, 6) is -1.73. The van der Waals surface area contributed by atoms with E-state index in [-0.39, 0.29) is 0 Å². The number of thiazole rings is 1. The number of thiol groups is 1. The molecule has 0 radical (unpaired) electrons. The highest BCUT2D eigenvalue weighted by Crippen LogP contribution is 2.47. The Morgan fingerprint density at radius 2 is 1.80 bits per heavy atom. The Morgan fingerprint density at radius 3 is 2.28 bits per heavy atom. The summed E-state index contributed by atoms with van der Waals surface area (Å²) in [6.07, 6.45) is 4.22. The van der Waals surface area contributed by atoms with Crippen LogP contribution in [-0.4, -0.2) is 21.2 Å². The first kappa shape index (κ1) is 19.9. The largest absolute Gasteiger partial charge is 0.481 e. The molecule has 2 aromatic rings. The van der Waals surface area contributed by atoms with Crippen LogP contribution in [0.2, 0.25) is 0 Å². The highest BCUT2D eigenvalue weighted by Gasteiger charge is 2.49. The van der Waals surface area contributed by atoms with Gasteiger partial charge in [-0.2, -0.15) is 0 Å². The fraction of sp³-hybridized carbons (Fsp3) is 0.526. The van der Waals surface area contributed by atoms with E-state index < -0.39 is 22.4 Å². The maximum Gasteiger partial charge on any atom is 0.310 e. The lowest BCUT2D eigenvalue weighted by molar-refractivity contribution is -0.153. The fourth-order valence-electron chi connectivity index (χ4n) is 3.33. The standard InChI is InChI=1S/C19H25NO3S2/c1-3-5-11-19(18(22)23,12-6-4-2)15(17(21)24)16-20-13-9-7-8-10-14(13)25-16/h7-10,15H,3-6,11-12H2,1-2H3,(H,21,24)(H,22,23). The van der Waals surface area contributed by atoms with Crippen molar-refractivity contribution in [1.82, 2.24) is 4.98 Å². The summed E-state index contributed by atoms with van der Waals surface area (Å²) >= 11 is 5.48. The van der Waals surface area contributed by atoms with E-state index in [1.54, 1.807) is 0 Å². The number of hydrogen-bond acceptors (Lipinski definition) is 4. The molecule has 6 heteroatoms. The summed E-state index contributed by atoms with van der Waals surface area (Å²) in [4.78, 5) is 29.4. The molecule has 0 fully saturated rings. The summed E-state index contributed by atoms with van der Waals surface area (Å²) in [5, 5.41) is 10.3. The normalized spacial score (nSPS) is 13.1. The summed E-state index contributed by atoms with van der Waals surface area (Å²) in [6, 6.07) is 7.63. The molecule has 0 aliphatic heterocycles. The number of aromatic nitrogens is 1. The predicted octanol–water partition coefficient (Wildman–Crippen LogP) is 5.29. The number of carbonyl (C=O) groups is 2. The highest BCUT2D eigenvalue weighted by molar-refractivity contribution is 7.96. The van der Waals surface area contributed by atoms with E-state index in [4.69, 9.17) is 0 Å². The van der Waals surface area contributed by atoms with E-state index in [0.717, 1.165) is 35.9 Å². The average Bonchev–Trinajstić information content (AvgIpc) is 2.99. The Morgan fingerprint density at radius 1 is 1.20 bits per heavy atom. The van der Waals surface area contributed by atoms with E-state index >= 15 is 0 Å². The van der Waals surface area contributed by atoms with Crippen molar-refractivity contribution in [3.8, 4) is 0 Å². The van der Waals surface area contributed by atoms with Gasteiger partial charge in [0, 0.05) is 0 Å². The monoisotopic (exact) mass is 379 g/mol. The van der Waals surface area contributed by atoms with Crippen molar-refractivity contribution in [3.05, 3.63) is 29.3 Å². The second-order valence-corrected chi connectivity index (χ2v) is 7.96. The third kappa shape index (κ3) is 4.23. The smallest absolute Gasteiger partial charge is 0.310 e. The predicted molar refractivity (Wildman–Crippen MR) is 105 cm³/mol. The van der Waals surface area contributed by atoms with Gasteiger partial charge in [-0.15, -0.1) is 24.0 Å². The number of para-hydroxylation sites is 1. The minimum Gasteiger partial charge on any atom is -0.481 e. The zero-order valence-corrected chi connectivity index (χ0v) is 16.4. The van der Waals surface area contributed by atoms with Crippen LogP contribution in [0.3, 0.4) is 0 Å². The lowest BCUT2D eigenvalue weighted by Crippen LogP contribution is -2.40. The zero-order valence-electron chi connectivity index (χ0n) is 14.7. The van der Waals surface area contributed by atoms with Crippen LogP contribution in [0, 0.1) is 5.41 Å². The minimum atomic E-state index is -1.14. The molecule has 4 nitrogen and oxygen atoms in total. The molecule has 1 aromatic carbocycles. The second kappa shape index (κ2) is 8.81. The number of rotatable bonds is 10. The van der Waals surface area contributed by atoms with E-state index in [1.807, 2.05) is 38.1 Å². The molecular formula is C19H25NO3S2. The van der Waals surface area contributed by atoms with Gasteiger partial charge in [0.2, 0.25) is 0 Å². The molecule has 2 rings (SSSR count). The number of carboxylic acids is 1. The van der Waals surface area contributed by atoms with E-state index in [1.165, 1.54) is 11.3 Å². The number of benzene rings is 1. The SMILES string of the molecule is CCCCC(CCCC)(C(=O)O)C(C(=O)S)c1nc2ccccc2s1. The number of carboxylic acid groups (broad SMARTS) is 1. The molecule has 0 saturated heterocycles. The summed E-state index contributed by atoms with van der Waals surface area (Å²) in [7, 11) is 0. The maximum atomic E-state index is 12.5. The molecule has 1 atom stereocenters. The van der Waals surface area contributed by atoms with Crippen LogP contribution in [0.15, 0.2) is 24.3 Å². The molecule has 0 bridgehead atoms. The van der Waals surface area contributed by atoms with Gasteiger partial charge in [0.1, 0.15) is 5.01 Å². The molecule has 0 aliphatic carbocycles. The van der Waals surface area contributed by atoms with Crippen molar-refractivity contribution in [1.29, 1.82) is 0 Å². The van der Waals surface area contributed by atoms with Gasteiger partial charge in [-0.25, -0.2) is 4.98 Å². The molecule has 0 aliphatic rings. The van der Waals surface area contributed by atoms with Crippen LogP contribution in [0.5, 0.6) is 0 Å². The molecule has 0 spiro atoms. The van der Waals surface area contributed by atoms with Gasteiger partial charge in [-0.05, 0) is 25.0 Å². The quantitative estimate of drug-likeness (QED) is 0.551. The minimum absolute atomic E-state index is 0.409. The van der Waals surface area contributed by atoms with Crippen molar-refractivity contribution < 1.29 is 14.7 Å². The first-order valence-corrected chi connectivity index (χ1v) is 10.0. The van der Waals surface area contributed by atoms with Crippen LogP contribution in [-0.2, 0) is 9.59 Å². The Hall–Kier alpha value is -1.40. The number of aliphatic carboxylic acids is 1. The van der Waals surface area contributed by atoms with Gasteiger partial charge in [0.25, 0.3) is 0 Å². The van der Waals surface area contributed by atoms with Crippen molar-refractivity contribution in [2.75, 3.05) is 0 Å². The summed E-state index contributed by atoms with van der Waals surface area (Å²) in [5.41, 5.74) is -0.342. The van der Waals surface area contributed by atoms with Crippen LogP contribution < -0.4 is 0 Å². The number of unbranched alkanes of at least 4 members (excludes halogenated alkanes) is 2. The van der Waals surface area contributed by atoms with E-state index in [9.17, 15) is 14.7 Å². The highest BCUT2D eigenvalue weighted by atomic mass is 32.1. The fourth-order valence-corrected chi connectivity index (χ4v) is 4.97. The van der Waals surface area contributed by atoms with Gasteiger partial charge in [0.15, 0.2) is 5.12 Å². The third-order valence-corrected chi connectivity index (χ3v) is 6.10. The van der Waals surface area contributed by atoms with E-state index in [2.05, 4.69) is 17.6 Å². The van der Waals surface area contributed by atoms with Crippen LogP contribution in [0.25, 0.3) is 10.2 Å². The average molecular weight is 380 g/mol. The Kier molecular flexibility index (Phi) is 7.02. The second-order valence-electron chi connectivity index (χ2n) is 6.46. The Bertz CT molecular complexity index is 700.